The second-order valence-electron chi connectivity index (χ2n) is 4.55. The van der Waals surface area contributed by atoms with Gasteiger partial charge in [-0.25, -0.2) is 4.98 Å². The van der Waals surface area contributed by atoms with Crippen molar-refractivity contribution >= 4 is 49.1 Å². The van der Waals surface area contributed by atoms with E-state index in [9.17, 15) is 4.79 Å². The van der Waals surface area contributed by atoms with Crippen LogP contribution >= 0.6 is 43.2 Å². The largest absolute Gasteiger partial charge is 0.475 e. The fraction of sp³-hybridized carbons (Fsp3) is 0.286. The lowest BCUT2D eigenvalue weighted by Gasteiger charge is -2.13. The number of nitrogens with one attached hydrogen (secondary N) is 1. The average Bonchev–Trinajstić information content (AvgIpc) is 2.77. The Bertz CT molecular complexity index is 624. The fourth-order valence-corrected chi connectivity index (χ4v) is 3.56. The molecule has 2 heterocycles. The lowest BCUT2D eigenvalue weighted by Crippen LogP contribution is -2.22. The molecule has 21 heavy (non-hydrogen) atoms. The molecule has 0 bridgehead atoms. The Kier molecular flexibility index (Phi) is 5.78. The molecule has 112 valence electrons. The van der Waals surface area contributed by atoms with Crippen molar-refractivity contribution in [2.45, 2.75) is 26.5 Å². The topological polar surface area (TPSA) is 51.2 Å². The molecule has 0 aliphatic rings. The van der Waals surface area contributed by atoms with Crippen LogP contribution < -0.4 is 10.1 Å². The maximum atomic E-state index is 12.1. The highest BCUT2D eigenvalue weighted by Gasteiger charge is 2.13. The van der Waals surface area contributed by atoms with Crippen molar-refractivity contribution in [3.63, 3.8) is 0 Å². The van der Waals surface area contributed by atoms with Crippen molar-refractivity contribution in [2.75, 3.05) is 0 Å². The second-order valence-corrected chi connectivity index (χ2v) is 7.77. The van der Waals surface area contributed by atoms with Gasteiger partial charge in [0.05, 0.1) is 14.8 Å². The normalized spacial score (nSPS) is 10.7. The van der Waals surface area contributed by atoms with Crippen LogP contribution in [-0.4, -0.2) is 17.0 Å². The Morgan fingerprint density at radius 1 is 1.48 bits per heavy atom. The van der Waals surface area contributed by atoms with E-state index in [0.717, 1.165) is 13.8 Å². The molecular weight excluding hydrogens is 420 g/mol. The molecule has 4 nitrogen and oxygen atoms in total. The van der Waals surface area contributed by atoms with Gasteiger partial charge in [0.2, 0.25) is 5.88 Å². The van der Waals surface area contributed by atoms with Gasteiger partial charge in [0, 0.05) is 22.8 Å². The molecule has 0 spiro atoms. The SMILES string of the molecule is CC(C)Oc1ncccc1CNC(=O)c1cc(Br)c(Br)s1. The number of carbonyl (C=O) groups is 1. The summed E-state index contributed by atoms with van der Waals surface area (Å²) in [6, 6.07) is 5.51. The monoisotopic (exact) mass is 432 g/mol. The van der Waals surface area contributed by atoms with Crippen LogP contribution in [0.3, 0.4) is 0 Å². The first-order chi connectivity index (χ1) is 9.97. The van der Waals surface area contributed by atoms with Gasteiger partial charge < -0.3 is 10.1 Å². The maximum Gasteiger partial charge on any atom is 0.261 e. The quantitative estimate of drug-likeness (QED) is 0.760. The fourth-order valence-electron chi connectivity index (χ4n) is 1.61. The lowest BCUT2D eigenvalue weighted by atomic mass is 10.2. The molecule has 1 N–H and O–H groups in total. The lowest BCUT2D eigenvalue weighted by molar-refractivity contribution is 0.0954. The van der Waals surface area contributed by atoms with Crippen molar-refractivity contribution in [1.82, 2.24) is 10.3 Å². The number of pyridine rings is 1. The second kappa shape index (κ2) is 7.38. The molecule has 0 atom stereocenters. The van der Waals surface area contributed by atoms with Crippen LogP contribution in [0.25, 0.3) is 0 Å². The summed E-state index contributed by atoms with van der Waals surface area (Å²) in [6.07, 6.45) is 1.72. The highest BCUT2D eigenvalue weighted by atomic mass is 79.9. The minimum absolute atomic E-state index is 0.0403. The number of thiophene rings is 1. The third kappa shape index (κ3) is 4.52. The molecule has 2 rings (SSSR count). The zero-order valence-corrected chi connectivity index (χ0v) is 15.5. The number of amides is 1. The van der Waals surface area contributed by atoms with Crippen molar-refractivity contribution in [3.05, 3.63) is 43.1 Å². The van der Waals surface area contributed by atoms with Gasteiger partial charge in [0.1, 0.15) is 0 Å². The summed E-state index contributed by atoms with van der Waals surface area (Å²) >= 11 is 8.14. The molecule has 0 aliphatic carbocycles. The van der Waals surface area contributed by atoms with Gasteiger partial charge >= 0.3 is 0 Å². The highest BCUT2D eigenvalue weighted by Crippen LogP contribution is 2.32. The Hall–Kier alpha value is -0.920. The Morgan fingerprint density at radius 3 is 2.86 bits per heavy atom. The Balaban J connectivity index is 2.04. The molecular formula is C14H14Br2N2O2S. The minimum atomic E-state index is -0.120. The molecule has 1 amide bonds. The minimum Gasteiger partial charge on any atom is -0.475 e. The van der Waals surface area contributed by atoms with Crippen LogP contribution in [0, 0.1) is 0 Å². The van der Waals surface area contributed by atoms with Crippen LogP contribution in [0.1, 0.15) is 29.1 Å². The Labute approximate surface area is 144 Å². The standard InChI is InChI=1S/C14H14Br2N2O2S/c1-8(2)20-14-9(4-3-5-17-14)7-18-13(19)11-6-10(15)12(16)21-11/h3-6,8H,7H2,1-2H3,(H,18,19). The molecule has 0 unspecified atom stereocenters. The van der Waals surface area contributed by atoms with E-state index in [4.69, 9.17) is 4.74 Å². The van der Waals surface area contributed by atoms with Gasteiger partial charge in [-0.15, -0.1) is 11.3 Å². The molecule has 2 aromatic rings. The van der Waals surface area contributed by atoms with Crippen molar-refractivity contribution in [3.8, 4) is 5.88 Å². The smallest absolute Gasteiger partial charge is 0.261 e. The predicted molar refractivity (Wildman–Crippen MR) is 90.9 cm³/mol. The van der Waals surface area contributed by atoms with Gasteiger partial charge in [-0.1, -0.05) is 6.07 Å². The first kappa shape index (κ1) is 16.5. The number of halogens is 2. The summed E-state index contributed by atoms with van der Waals surface area (Å²) < 4.78 is 7.41. The Morgan fingerprint density at radius 2 is 2.24 bits per heavy atom. The van der Waals surface area contributed by atoms with E-state index in [1.807, 2.05) is 26.0 Å². The van der Waals surface area contributed by atoms with Gasteiger partial charge in [-0.3, -0.25) is 4.79 Å². The number of carbonyl (C=O) groups excluding carboxylic acids is 1. The third-order valence-corrected chi connectivity index (χ3v) is 5.76. The summed E-state index contributed by atoms with van der Waals surface area (Å²) in [5, 5.41) is 2.88. The van der Waals surface area contributed by atoms with E-state index >= 15 is 0 Å². The van der Waals surface area contributed by atoms with Crippen molar-refractivity contribution < 1.29 is 9.53 Å². The molecule has 0 aromatic carbocycles. The third-order valence-electron chi connectivity index (χ3n) is 2.51. The maximum absolute atomic E-state index is 12.1. The summed E-state index contributed by atoms with van der Waals surface area (Å²) in [5.41, 5.74) is 0.856. The molecule has 0 saturated carbocycles. The van der Waals surface area contributed by atoms with Crippen LogP contribution in [0.2, 0.25) is 0 Å². The van der Waals surface area contributed by atoms with Gasteiger partial charge in [0.25, 0.3) is 5.91 Å². The summed E-state index contributed by atoms with van der Waals surface area (Å²) in [5.74, 6) is 0.437. The number of rotatable bonds is 5. The van der Waals surface area contributed by atoms with Crippen LogP contribution in [0.15, 0.2) is 32.7 Å². The number of hydrogen-bond acceptors (Lipinski definition) is 4. The summed E-state index contributed by atoms with van der Waals surface area (Å²) in [4.78, 5) is 17.0. The zero-order valence-electron chi connectivity index (χ0n) is 11.5. The number of ether oxygens (including phenoxy) is 1. The first-order valence-corrected chi connectivity index (χ1v) is 8.71. The number of aromatic nitrogens is 1. The van der Waals surface area contributed by atoms with E-state index in [2.05, 4.69) is 42.2 Å². The van der Waals surface area contributed by atoms with Crippen LogP contribution in [0.4, 0.5) is 0 Å². The van der Waals surface area contributed by atoms with E-state index in [0.29, 0.717) is 17.3 Å². The predicted octanol–water partition coefficient (Wildman–Crippen LogP) is 4.39. The first-order valence-electron chi connectivity index (χ1n) is 6.31. The summed E-state index contributed by atoms with van der Waals surface area (Å²) in [7, 11) is 0. The zero-order chi connectivity index (χ0) is 15.4. The van der Waals surface area contributed by atoms with E-state index < -0.39 is 0 Å². The van der Waals surface area contributed by atoms with E-state index in [-0.39, 0.29) is 12.0 Å². The van der Waals surface area contributed by atoms with Gasteiger partial charge in [-0.2, -0.15) is 0 Å². The molecule has 7 heteroatoms. The van der Waals surface area contributed by atoms with Crippen LogP contribution in [0.5, 0.6) is 5.88 Å². The molecule has 0 saturated heterocycles. The number of nitrogens with zero attached hydrogens (tertiary/aromatic N) is 1. The van der Waals surface area contributed by atoms with Gasteiger partial charge in [0.15, 0.2) is 0 Å². The molecule has 0 fully saturated rings. The average molecular weight is 434 g/mol. The van der Waals surface area contributed by atoms with Gasteiger partial charge in [-0.05, 0) is 57.8 Å². The molecule has 0 aliphatic heterocycles. The van der Waals surface area contributed by atoms with Crippen molar-refractivity contribution in [1.29, 1.82) is 0 Å². The van der Waals surface area contributed by atoms with Crippen molar-refractivity contribution in [2.24, 2.45) is 0 Å². The molecule has 0 radical (unpaired) electrons. The number of hydrogen-bond donors (Lipinski definition) is 1. The molecule has 2 aromatic heterocycles. The summed E-state index contributed by atoms with van der Waals surface area (Å²) in [6.45, 7) is 4.26. The highest BCUT2D eigenvalue weighted by molar-refractivity contribution is 9.13. The van der Waals surface area contributed by atoms with Crippen LogP contribution in [-0.2, 0) is 6.54 Å². The van der Waals surface area contributed by atoms with E-state index in [1.54, 1.807) is 12.3 Å². The van der Waals surface area contributed by atoms with E-state index in [1.165, 1.54) is 11.3 Å².